The number of nitrogens with one attached hydrogen (secondary N) is 1. The van der Waals surface area contributed by atoms with E-state index in [9.17, 15) is 9.59 Å². The third-order valence-corrected chi connectivity index (χ3v) is 5.14. The van der Waals surface area contributed by atoms with Crippen LogP contribution in [0.15, 0.2) is 28.8 Å². The summed E-state index contributed by atoms with van der Waals surface area (Å²) >= 11 is 1.42. The Bertz CT molecular complexity index is 962. The Labute approximate surface area is 147 Å². The number of para-hydroxylation sites is 1. The van der Waals surface area contributed by atoms with Gasteiger partial charge in [0.2, 0.25) is 11.8 Å². The minimum absolute atomic E-state index is 0.0131. The van der Waals surface area contributed by atoms with Gasteiger partial charge in [-0.15, -0.1) is 0 Å². The van der Waals surface area contributed by atoms with E-state index in [4.69, 9.17) is 4.52 Å². The molecule has 0 spiro atoms. The molecule has 1 aliphatic rings. The average Bonchev–Trinajstić information content (AvgIpc) is 3.17. The van der Waals surface area contributed by atoms with E-state index in [1.54, 1.807) is 0 Å². The smallest absolute Gasteiger partial charge is 0.229 e. The van der Waals surface area contributed by atoms with E-state index in [1.165, 1.54) is 18.3 Å². The van der Waals surface area contributed by atoms with E-state index in [-0.39, 0.29) is 18.2 Å². The lowest BCUT2D eigenvalue weighted by atomic mass is 10.1. The minimum atomic E-state index is -0.142. The molecule has 7 nitrogen and oxygen atoms in total. The number of aromatic nitrogens is 2. The van der Waals surface area contributed by atoms with Gasteiger partial charge in [-0.2, -0.15) is 0 Å². The standard InChI is InChI=1S/C17H16N4O3S/c1-10(22)18-17-19-12-6-7-21(9-15(12)25-17)16(23)8-13-11-4-2-3-5-14(11)24-20-13/h2-5H,6-9H2,1H3,(H,18,19,22). The van der Waals surface area contributed by atoms with Gasteiger partial charge in [-0.3, -0.25) is 9.59 Å². The largest absolute Gasteiger partial charge is 0.356 e. The van der Waals surface area contributed by atoms with Crippen molar-refractivity contribution >= 4 is 39.3 Å². The minimum Gasteiger partial charge on any atom is -0.356 e. The molecular formula is C17H16N4O3S. The van der Waals surface area contributed by atoms with E-state index in [0.717, 1.165) is 16.0 Å². The van der Waals surface area contributed by atoms with Crippen molar-refractivity contribution in [1.82, 2.24) is 15.0 Å². The number of anilines is 1. The molecule has 0 saturated carbocycles. The van der Waals surface area contributed by atoms with E-state index < -0.39 is 0 Å². The summed E-state index contributed by atoms with van der Waals surface area (Å²) < 4.78 is 5.26. The lowest BCUT2D eigenvalue weighted by Gasteiger charge is -2.25. The van der Waals surface area contributed by atoms with Crippen LogP contribution in [0.4, 0.5) is 5.13 Å². The van der Waals surface area contributed by atoms with E-state index in [1.807, 2.05) is 29.2 Å². The summed E-state index contributed by atoms with van der Waals surface area (Å²) in [6.07, 6.45) is 0.903. The zero-order valence-electron chi connectivity index (χ0n) is 13.6. The van der Waals surface area contributed by atoms with Crippen LogP contribution in [-0.4, -0.2) is 33.4 Å². The van der Waals surface area contributed by atoms with Crippen LogP contribution in [0.3, 0.4) is 0 Å². The molecule has 0 aliphatic carbocycles. The molecular weight excluding hydrogens is 340 g/mol. The van der Waals surface area contributed by atoms with Gasteiger partial charge >= 0.3 is 0 Å². The fourth-order valence-electron chi connectivity index (χ4n) is 2.93. The summed E-state index contributed by atoms with van der Waals surface area (Å²) in [7, 11) is 0. The van der Waals surface area contributed by atoms with Crippen LogP contribution in [0.5, 0.6) is 0 Å². The number of fused-ring (bicyclic) bond motifs is 2. The summed E-state index contributed by atoms with van der Waals surface area (Å²) in [6, 6.07) is 7.53. The quantitative estimate of drug-likeness (QED) is 0.778. The van der Waals surface area contributed by atoms with E-state index in [0.29, 0.717) is 35.9 Å². The molecule has 25 heavy (non-hydrogen) atoms. The van der Waals surface area contributed by atoms with E-state index >= 15 is 0 Å². The molecule has 1 N–H and O–H groups in total. The molecule has 0 bridgehead atoms. The van der Waals surface area contributed by atoms with Crippen LogP contribution in [0, 0.1) is 0 Å². The lowest BCUT2D eigenvalue weighted by Crippen LogP contribution is -2.36. The van der Waals surface area contributed by atoms with Gasteiger partial charge in [-0.25, -0.2) is 4.98 Å². The van der Waals surface area contributed by atoms with Gasteiger partial charge in [0, 0.05) is 30.2 Å². The molecule has 128 valence electrons. The Morgan fingerprint density at radius 1 is 1.36 bits per heavy atom. The highest BCUT2D eigenvalue weighted by molar-refractivity contribution is 7.15. The van der Waals surface area contributed by atoms with Gasteiger partial charge in [-0.05, 0) is 12.1 Å². The van der Waals surface area contributed by atoms with Crippen molar-refractivity contribution in [2.24, 2.45) is 0 Å². The molecule has 4 rings (SSSR count). The molecule has 0 fully saturated rings. The summed E-state index contributed by atoms with van der Waals surface area (Å²) in [5.41, 5.74) is 2.31. The highest BCUT2D eigenvalue weighted by atomic mass is 32.1. The van der Waals surface area contributed by atoms with Crippen LogP contribution in [0.2, 0.25) is 0 Å². The zero-order chi connectivity index (χ0) is 17.4. The van der Waals surface area contributed by atoms with Gasteiger partial charge in [0.15, 0.2) is 10.7 Å². The van der Waals surface area contributed by atoms with Crippen molar-refractivity contribution in [2.45, 2.75) is 26.3 Å². The molecule has 0 unspecified atom stereocenters. The van der Waals surface area contributed by atoms with Crippen LogP contribution in [0.1, 0.15) is 23.2 Å². The number of hydrogen-bond donors (Lipinski definition) is 1. The first-order valence-electron chi connectivity index (χ1n) is 7.97. The number of hydrogen-bond acceptors (Lipinski definition) is 6. The summed E-state index contributed by atoms with van der Waals surface area (Å²) in [5, 5.41) is 8.20. The Balaban J connectivity index is 1.48. The maximum absolute atomic E-state index is 12.7. The van der Waals surface area contributed by atoms with Crippen LogP contribution >= 0.6 is 11.3 Å². The normalized spacial score (nSPS) is 13.7. The van der Waals surface area contributed by atoms with Crippen LogP contribution < -0.4 is 5.32 Å². The van der Waals surface area contributed by atoms with E-state index in [2.05, 4.69) is 15.5 Å². The molecule has 2 amide bonds. The Morgan fingerprint density at radius 3 is 3.04 bits per heavy atom. The summed E-state index contributed by atoms with van der Waals surface area (Å²) in [5.74, 6) is -0.129. The average molecular weight is 356 g/mol. The Hall–Kier alpha value is -2.74. The number of benzene rings is 1. The van der Waals surface area contributed by atoms with Gasteiger partial charge in [0.1, 0.15) is 5.69 Å². The van der Waals surface area contributed by atoms with Crippen LogP contribution in [0.25, 0.3) is 11.0 Å². The summed E-state index contributed by atoms with van der Waals surface area (Å²) in [4.78, 5) is 31.1. The molecule has 0 atom stereocenters. The predicted molar refractivity (Wildman–Crippen MR) is 93.3 cm³/mol. The second kappa shape index (κ2) is 6.29. The first kappa shape index (κ1) is 15.8. The number of carbonyl (C=O) groups is 2. The topological polar surface area (TPSA) is 88.3 Å². The van der Waals surface area contributed by atoms with Crippen molar-refractivity contribution in [3.63, 3.8) is 0 Å². The van der Waals surface area contributed by atoms with Gasteiger partial charge in [0.05, 0.1) is 18.7 Å². The second-order valence-corrected chi connectivity index (χ2v) is 7.02. The third kappa shape index (κ3) is 3.12. The fourth-order valence-corrected chi connectivity index (χ4v) is 4.00. The lowest BCUT2D eigenvalue weighted by molar-refractivity contribution is -0.131. The first-order valence-corrected chi connectivity index (χ1v) is 8.79. The number of nitrogens with zero attached hydrogens (tertiary/aromatic N) is 3. The monoisotopic (exact) mass is 356 g/mol. The predicted octanol–water partition coefficient (Wildman–Crippen LogP) is 2.37. The second-order valence-electron chi connectivity index (χ2n) is 5.94. The maximum atomic E-state index is 12.7. The van der Waals surface area contributed by atoms with Crippen LogP contribution in [-0.2, 0) is 29.0 Å². The van der Waals surface area contributed by atoms with Gasteiger partial charge in [0.25, 0.3) is 0 Å². The molecule has 1 aromatic carbocycles. The van der Waals surface area contributed by atoms with Crippen molar-refractivity contribution < 1.29 is 14.1 Å². The third-order valence-electron chi connectivity index (χ3n) is 4.14. The maximum Gasteiger partial charge on any atom is 0.229 e. The Morgan fingerprint density at radius 2 is 2.20 bits per heavy atom. The molecule has 0 radical (unpaired) electrons. The number of rotatable bonds is 3. The molecule has 0 saturated heterocycles. The highest BCUT2D eigenvalue weighted by Crippen LogP contribution is 2.29. The number of thiazole rings is 1. The molecule has 3 aromatic rings. The zero-order valence-corrected chi connectivity index (χ0v) is 14.4. The van der Waals surface area contributed by atoms with Crippen molar-refractivity contribution in [3.8, 4) is 0 Å². The molecule has 1 aliphatic heterocycles. The number of carbonyl (C=O) groups excluding carboxylic acids is 2. The van der Waals surface area contributed by atoms with Crippen molar-refractivity contribution in [2.75, 3.05) is 11.9 Å². The molecule has 2 aromatic heterocycles. The number of amides is 2. The first-order chi connectivity index (χ1) is 12.1. The summed E-state index contributed by atoms with van der Waals surface area (Å²) in [6.45, 7) is 2.59. The fraction of sp³-hybridized carbons (Fsp3) is 0.294. The Kier molecular flexibility index (Phi) is 3.96. The highest BCUT2D eigenvalue weighted by Gasteiger charge is 2.25. The van der Waals surface area contributed by atoms with Crippen molar-refractivity contribution in [3.05, 3.63) is 40.5 Å². The van der Waals surface area contributed by atoms with Crippen molar-refractivity contribution in [1.29, 1.82) is 0 Å². The van der Waals surface area contributed by atoms with Gasteiger partial charge < -0.3 is 14.7 Å². The van der Waals surface area contributed by atoms with Gasteiger partial charge in [-0.1, -0.05) is 28.6 Å². The SMILES string of the molecule is CC(=O)Nc1nc2c(s1)CN(C(=O)Cc1noc3ccccc13)CC2. The molecule has 8 heteroatoms. The molecule has 3 heterocycles.